The van der Waals surface area contributed by atoms with Crippen molar-refractivity contribution in [1.29, 1.82) is 0 Å². The number of carbonyl (C=O) groups is 1. The average Bonchev–Trinajstić information content (AvgIpc) is 3.08. The number of nitrogens with zero attached hydrogens (tertiary/aromatic N) is 2. The maximum Gasteiger partial charge on any atom is 0.257 e. The van der Waals surface area contributed by atoms with Gasteiger partial charge in [0.15, 0.2) is 5.17 Å². The quantitative estimate of drug-likeness (QED) is 0.638. The van der Waals surface area contributed by atoms with E-state index in [1.165, 1.54) is 18.8 Å². The van der Waals surface area contributed by atoms with Crippen LogP contribution in [0.3, 0.4) is 0 Å². The van der Waals surface area contributed by atoms with Gasteiger partial charge >= 0.3 is 0 Å². The van der Waals surface area contributed by atoms with Crippen LogP contribution in [-0.2, 0) is 32.3 Å². The van der Waals surface area contributed by atoms with E-state index in [0.717, 1.165) is 16.1 Å². The number of thioether (sulfide) groups is 1. The Morgan fingerprint density at radius 1 is 1.16 bits per heavy atom. The number of carbonyl (C=O) groups excluding carboxylic acids is 1. The zero-order chi connectivity index (χ0) is 22.2. The molecule has 1 amide bonds. The van der Waals surface area contributed by atoms with Crippen molar-refractivity contribution >= 4 is 48.6 Å². The first kappa shape index (κ1) is 21.8. The second-order valence-corrected chi connectivity index (χ2v) is 11.7. The highest BCUT2D eigenvalue weighted by Crippen LogP contribution is 2.42. The molecular formula is C19H20N4O5S3. The van der Waals surface area contributed by atoms with Gasteiger partial charge in [-0.25, -0.2) is 21.6 Å². The predicted octanol–water partition coefficient (Wildman–Crippen LogP) is 1.28. The van der Waals surface area contributed by atoms with Crippen LogP contribution in [0.15, 0.2) is 51.8 Å². The molecule has 2 heterocycles. The van der Waals surface area contributed by atoms with Gasteiger partial charge in [-0.05, 0) is 48.1 Å². The Bertz CT molecular complexity index is 1270. The lowest BCUT2D eigenvalue weighted by Gasteiger charge is -2.22. The van der Waals surface area contributed by atoms with Crippen molar-refractivity contribution in [2.24, 2.45) is 4.40 Å². The Balaban J connectivity index is 1.41. The molecule has 0 saturated heterocycles. The summed E-state index contributed by atoms with van der Waals surface area (Å²) in [7, 11) is -5.39. The maximum atomic E-state index is 12.6. The molecule has 0 radical (unpaired) electrons. The fourth-order valence-electron chi connectivity index (χ4n) is 3.20. The predicted molar refractivity (Wildman–Crippen MR) is 120 cm³/mol. The summed E-state index contributed by atoms with van der Waals surface area (Å²) >= 11 is 1.24. The van der Waals surface area contributed by atoms with E-state index >= 15 is 0 Å². The van der Waals surface area contributed by atoms with Crippen LogP contribution in [-0.4, -0.2) is 47.3 Å². The molecule has 0 bridgehead atoms. The maximum absolute atomic E-state index is 12.6. The van der Waals surface area contributed by atoms with Crippen LogP contribution in [0, 0.1) is 0 Å². The summed E-state index contributed by atoms with van der Waals surface area (Å²) in [6.07, 6.45) is 0. The molecule has 0 fully saturated rings. The Labute approximate surface area is 185 Å². The summed E-state index contributed by atoms with van der Waals surface area (Å²) < 4.78 is 52.7. The van der Waals surface area contributed by atoms with Crippen molar-refractivity contribution in [3.63, 3.8) is 0 Å². The Morgan fingerprint density at radius 3 is 2.58 bits per heavy atom. The normalized spacial score (nSPS) is 16.9. The zero-order valence-corrected chi connectivity index (χ0v) is 19.0. The number of rotatable bonds is 6. The van der Waals surface area contributed by atoms with Gasteiger partial charge in [-0.2, -0.15) is 0 Å². The van der Waals surface area contributed by atoms with Crippen LogP contribution in [0.4, 0.5) is 5.69 Å². The number of fused-ring (bicyclic) bond motifs is 3. The number of sulfonamides is 2. The van der Waals surface area contributed by atoms with Gasteiger partial charge < -0.3 is 10.2 Å². The van der Waals surface area contributed by atoms with Gasteiger partial charge in [0, 0.05) is 23.5 Å². The van der Waals surface area contributed by atoms with Crippen LogP contribution in [0.1, 0.15) is 21.5 Å². The summed E-state index contributed by atoms with van der Waals surface area (Å²) in [5.74, 6) is -0.394. The summed E-state index contributed by atoms with van der Waals surface area (Å²) in [5, 5.41) is 3.26. The van der Waals surface area contributed by atoms with Crippen molar-refractivity contribution in [3.8, 4) is 0 Å². The van der Waals surface area contributed by atoms with Crippen LogP contribution in [0.5, 0.6) is 0 Å². The van der Waals surface area contributed by atoms with Crippen LogP contribution < -0.4 is 14.9 Å². The van der Waals surface area contributed by atoms with Crippen molar-refractivity contribution in [1.82, 2.24) is 10.0 Å². The van der Waals surface area contributed by atoms with Crippen molar-refractivity contribution < 1.29 is 21.6 Å². The molecule has 164 valence electrons. The topological polar surface area (TPSA) is 125 Å². The van der Waals surface area contributed by atoms with E-state index in [-0.39, 0.29) is 17.4 Å². The highest BCUT2D eigenvalue weighted by molar-refractivity contribution is 8.15. The smallest absolute Gasteiger partial charge is 0.257 e. The third kappa shape index (κ3) is 4.92. The molecule has 9 nitrogen and oxygen atoms in total. The second kappa shape index (κ2) is 8.26. The number of nitrogens with one attached hydrogen (secondary N) is 2. The Morgan fingerprint density at radius 2 is 1.87 bits per heavy atom. The first-order chi connectivity index (χ1) is 14.7. The van der Waals surface area contributed by atoms with Gasteiger partial charge in [-0.15, -0.1) is 4.40 Å². The number of anilines is 1. The van der Waals surface area contributed by atoms with Crippen molar-refractivity contribution in [2.45, 2.75) is 17.2 Å². The molecule has 12 heteroatoms. The van der Waals surface area contributed by atoms with Gasteiger partial charge in [-0.1, -0.05) is 24.3 Å². The molecule has 0 saturated carbocycles. The highest BCUT2D eigenvalue weighted by Gasteiger charge is 2.33. The van der Waals surface area contributed by atoms with Crippen LogP contribution >= 0.6 is 11.8 Å². The van der Waals surface area contributed by atoms with E-state index in [9.17, 15) is 21.6 Å². The molecule has 0 spiro atoms. The molecule has 4 rings (SSSR count). The van der Waals surface area contributed by atoms with E-state index in [1.807, 2.05) is 4.90 Å². The minimum atomic E-state index is -3.43. The fourth-order valence-corrected chi connectivity index (χ4v) is 6.27. The third-order valence-corrected chi connectivity index (χ3v) is 8.52. The van der Waals surface area contributed by atoms with E-state index in [2.05, 4.69) is 14.4 Å². The molecule has 2 aliphatic rings. The minimum Gasteiger partial charge on any atom is -0.348 e. The van der Waals surface area contributed by atoms with Crippen LogP contribution in [0.2, 0.25) is 0 Å². The number of hydrogen-bond donors (Lipinski definition) is 2. The lowest BCUT2D eigenvalue weighted by atomic mass is 10.1. The van der Waals surface area contributed by atoms with Gasteiger partial charge in [0.1, 0.15) is 0 Å². The molecule has 0 unspecified atom stereocenters. The summed E-state index contributed by atoms with van der Waals surface area (Å²) in [5.41, 5.74) is 2.81. The van der Waals surface area contributed by atoms with Crippen molar-refractivity contribution in [3.05, 3.63) is 59.2 Å². The number of amides is 1. The number of benzene rings is 2. The standard InChI is InChI=1S/C19H20N4O5S3/c1-20-31(27,28)12-14-4-2-13(3-5-14)11-21-18(24)15-6-7-16-17(10-15)29-19-22-30(25,26)9-8-23(16)19/h2-7,10,20H,8-9,11-12H2,1H3,(H,21,24). The molecule has 0 atom stereocenters. The summed E-state index contributed by atoms with van der Waals surface area (Å²) in [6.45, 7) is 0.636. The highest BCUT2D eigenvalue weighted by atomic mass is 32.2. The Hall–Kier alpha value is -2.41. The summed E-state index contributed by atoms with van der Waals surface area (Å²) in [4.78, 5) is 15.2. The minimum absolute atomic E-state index is 0.0294. The molecule has 2 aromatic carbocycles. The van der Waals surface area contributed by atoms with E-state index in [1.54, 1.807) is 42.5 Å². The monoisotopic (exact) mass is 480 g/mol. The summed E-state index contributed by atoms with van der Waals surface area (Å²) in [6, 6.07) is 12.2. The number of amidine groups is 1. The molecule has 2 N–H and O–H groups in total. The lowest BCUT2D eigenvalue weighted by molar-refractivity contribution is 0.0950. The average molecular weight is 481 g/mol. The van der Waals surface area contributed by atoms with E-state index in [0.29, 0.717) is 29.4 Å². The molecule has 2 aromatic rings. The molecule has 0 aromatic heterocycles. The van der Waals surface area contributed by atoms with E-state index < -0.39 is 20.0 Å². The van der Waals surface area contributed by atoms with E-state index in [4.69, 9.17) is 0 Å². The van der Waals surface area contributed by atoms with Crippen molar-refractivity contribution in [2.75, 3.05) is 24.2 Å². The van der Waals surface area contributed by atoms with Gasteiger partial charge in [-0.3, -0.25) is 4.79 Å². The zero-order valence-electron chi connectivity index (χ0n) is 16.5. The first-order valence-electron chi connectivity index (χ1n) is 9.35. The van der Waals surface area contributed by atoms with Gasteiger partial charge in [0.2, 0.25) is 10.0 Å². The largest absolute Gasteiger partial charge is 0.348 e. The lowest BCUT2D eigenvalue weighted by Crippen LogP contribution is -2.35. The van der Waals surface area contributed by atoms with Gasteiger partial charge in [0.25, 0.3) is 15.9 Å². The van der Waals surface area contributed by atoms with Gasteiger partial charge in [0.05, 0.1) is 17.2 Å². The fraction of sp³-hybridized carbons (Fsp3) is 0.263. The molecule has 31 heavy (non-hydrogen) atoms. The SMILES string of the molecule is CNS(=O)(=O)Cc1ccc(CNC(=O)c2ccc3c(c2)SC2=NS(=O)(=O)CCN23)cc1. The van der Waals surface area contributed by atoms with Crippen LogP contribution in [0.25, 0.3) is 0 Å². The first-order valence-corrected chi connectivity index (χ1v) is 13.4. The molecular weight excluding hydrogens is 460 g/mol. The second-order valence-electron chi connectivity index (χ2n) is 7.06. The molecule has 0 aliphatic carbocycles. The molecule has 2 aliphatic heterocycles. The Kier molecular flexibility index (Phi) is 5.81. The third-order valence-electron chi connectivity index (χ3n) is 4.88. The number of hydrogen-bond acceptors (Lipinski definition) is 7.